The fourth-order valence-corrected chi connectivity index (χ4v) is 1.25. The molecule has 13 heavy (non-hydrogen) atoms. The van der Waals surface area contributed by atoms with E-state index in [2.05, 4.69) is 5.32 Å². The summed E-state index contributed by atoms with van der Waals surface area (Å²) in [6, 6.07) is 5.83. The summed E-state index contributed by atoms with van der Waals surface area (Å²) in [4.78, 5) is 0. The van der Waals surface area contributed by atoms with E-state index in [1.807, 2.05) is 32.0 Å². The van der Waals surface area contributed by atoms with Gasteiger partial charge in [0.15, 0.2) is 0 Å². The second kappa shape index (κ2) is 4.49. The van der Waals surface area contributed by atoms with E-state index in [4.69, 9.17) is 16.7 Å². The Bertz CT molecular complexity index is 288. The molecule has 0 fully saturated rings. The lowest BCUT2D eigenvalue weighted by molar-refractivity contribution is 0.281. The molecule has 2 nitrogen and oxygen atoms in total. The van der Waals surface area contributed by atoms with Crippen molar-refractivity contribution in [1.82, 2.24) is 0 Å². The second-order valence-corrected chi connectivity index (χ2v) is 3.54. The molecule has 0 aliphatic heterocycles. The number of hydrogen-bond donors (Lipinski definition) is 2. The predicted molar refractivity (Wildman–Crippen MR) is 56.4 cm³/mol. The second-order valence-electron chi connectivity index (χ2n) is 3.16. The van der Waals surface area contributed by atoms with Gasteiger partial charge in [-0.05, 0) is 25.5 Å². The SMILES string of the molecule is Cc1cccc(NC(C)CO)c1Cl. The number of benzene rings is 1. The lowest BCUT2D eigenvalue weighted by Gasteiger charge is -2.14. The molecule has 0 saturated heterocycles. The first-order chi connectivity index (χ1) is 6.15. The Labute approximate surface area is 83.5 Å². The van der Waals surface area contributed by atoms with Gasteiger partial charge >= 0.3 is 0 Å². The maximum atomic E-state index is 8.85. The number of aryl methyl sites for hydroxylation is 1. The number of hydrogen-bond acceptors (Lipinski definition) is 2. The molecular weight excluding hydrogens is 186 g/mol. The Morgan fingerprint density at radius 2 is 2.23 bits per heavy atom. The zero-order chi connectivity index (χ0) is 9.84. The van der Waals surface area contributed by atoms with Crippen LogP contribution in [0.1, 0.15) is 12.5 Å². The van der Waals surface area contributed by atoms with Crippen LogP contribution in [0.2, 0.25) is 5.02 Å². The monoisotopic (exact) mass is 199 g/mol. The summed E-state index contributed by atoms with van der Waals surface area (Å²) in [6.45, 7) is 3.96. The first kappa shape index (κ1) is 10.4. The lowest BCUT2D eigenvalue weighted by Crippen LogP contribution is -2.19. The maximum Gasteiger partial charge on any atom is 0.0666 e. The fraction of sp³-hybridized carbons (Fsp3) is 0.400. The van der Waals surface area contributed by atoms with Crippen LogP contribution in [-0.2, 0) is 0 Å². The van der Waals surface area contributed by atoms with Gasteiger partial charge in [0, 0.05) is 6.04 Å². The van der Waals surface area contributed by atoms with Gasteiger partial charge in [0.25, 0.3) is 0 Å². The maximum absolute atomic E-state index is 8.85. The zero-order valence-electron chi connectivity index (χ0n) is 7.84. The first-order valence-electron chi connectivity index (χ1n) is 4.27. The summed E-state index contributed by atoms with van der Waals surface area (Å²) < 4.78 is 0. The number of anilines is 1. The molecule has 0 aromatic heterocycles. The van der Waals surface area contributed by atoms with Crippen molar-refractivity contribution in [2.45, 2.75) is 19.9 Å². The standard InChI is InChI=1S/C10H14ClNO/c1-7-4-3-5-9(10(7)11)12-8(2)6-13/h3-5,8,12-13H,6H2,1-2H3. The van der Waals surface area contributed by atoms with Crippen LogP contribution >= 0.6 is 11.6 Å². The van der Waals surface area contributed by atoms with Crippen LogP contribution in [0.4, 0.5) is 5.69 Å². The van der Waals surface area contributed by atoms with Crippen LogP contribution in [0.5, 0.6) is 0 Å². The van der Waals surface area contributed by atoms with Gasteiger partial charge in [-0.1, -0.05) is 23.7 Å². The molecular formula is C10H14ClNO. The van der Waals surface area contributed by atoms with Crippen LogP contribution in [0, 0.1) is 6.92 Å². The van der Waals surface area contributed by atoms with Crippen molar-refractivity contribution < 1.29 is 5.11 Å². The fourth-order valence-electron chi connectivity index (χ4n) is 1.07. The Balaban J connectivity index is 2.83. The van der Waals surface area contributed by atoms with Gasteiger partial charge in [-0.15, -0.1) is 0 Å². The summed E-state index contributed by atoms with van der Waals surface area (Å²) in [7, 11) is 0. The molecule has 0 spiro atoms. The molecule has 0 saturated carbocycles. The third kappa shape index (κ3) is 2.61. The van der Waals surface area contributed by atoms with Crippen LogP contribution in [-0.4, -0.2) is 17.8 Å². The quantitative estimate of drug-likeness (QED) is 0.784. The summed E-state index contributed by atoms with van der Waals surface area (Å²) >= 11 is 6.05. The van der Waals surface area contributed by atoms with Gasteiger partial charge < -0.3 is 10.4 Å². The summed E-state index contributed by atoms with van der Waals surface area (Å²) in [5.41, 5.74) is 1.92. The van der Waals surface area contributed by atoms with Crippen LogP contribution in [0.25, 0.3) is 0 Å². The Hall–Kier alpha value is -0.730. The Morgan fingerprint density at radius 3 is 2.85 bits per heavy atom. The Morgan fingerprint density at radius 1 is 1.54 bits per heavy atom. The van der Waals surface area contributed by atoms with Gasteiger partial charge in [-0.2, -0.15) is 0 Å². The van der Waals surface area contributed by atoms with E-state index < -0.39 is 0 Å². The molecule has 1 rings (SSSR count). The van der Waals surface area contributed by atoms with Gasteiger partial charge in [0.05, 0.1) is 17.3 Å². The largest absolute Gasteiger partial charge is 0.394 e. The molecule has 0 amide bonds. The molecule has 1 unspecified atom stereocenters. The molecule has 2 N–H and O–H groups in total. The van der Waals surface area contributed by atoms with E-state index in [9.17, 15) is 0 Å². The number of nitrogens with one attached hydrogen (secondary N) is 1. The smallest absolute Gasteiger partial charge is 0.0666 e. The third-order valence-electron chi connectivity index (χ3n) is 1.87. The molecule has 0 heterocycles. The van der Waals surface area contributed by atoms with Crippen molar-refractivity contribution in [3.8, 4) is 0 Å². The average molecular weight is 200 g/mol. The molecule has 0 bridgehead atoms. The number of halogens is 1. The molecule has 1 aromatic rings. The lowest BCUT2D eigenvalue weighted by atomic mass is 10.2. The highest BCUT2D eigenvalue weighted by Crippen LogP contribution is 2.25. The summed E-state index contributed by atoms with van der Waals surface area (Å²) in [5, 5.41) is 12.7. The van der Waals surface area contributed by atoms with E-state index in [0.717, 1.165) is 16.3 Å². The molecule has 1 atom stereocenters. The van der Waals surface area contributed by atoms with E-state index in [-0.39, 0.29) is 12.6 Å². The molecule has 0 aliphatic rings. The van der Waals surface area contributed by atoms with Gasteiger partial charge in [-0.3, -0.25) is 0 Å². The van der Waals surface area contributed by atoms with Crippen molar-refractivity contribution >= 4 is 17.3 Å². The number of aliphatic hydroxyl groups is 1. The minimum Gasteiger partial charge on any atom is -0.394 e. The average Bonchev–Trinajstić information content (AvgIpc) is 2.13. The van der Waals surface area contributed by atoms with Crippen molar-refractivity contribution in [3.63, 3.8) is 0 Å². The minimum atomic E-state index is 0.0271. The van der Waals surface area contributed by atoms with Crippen molar-refractivity contribution in [3.05, 3.63) is 28.8 Å². The molecule has 72 valence electrons. The van der Waals surface area contributed by atoms with Crippen LogP contribution < -0.4 is 5.32 Å². The highest BCUT2D eigenvalue weighted by atomic mass is 35.5. The van der Waals surface area contributed by atoms with Crippen molar-refractivity contribution in [2.75, 3.05) is 11.9 Å². The third-order valence-corrected chi connectivity index (χ3v) is 2.37. The summed E-state index contributed by atoms with van der Waals surface area (Å²) in [6.07, 6.45) is 0. The van der Waals surface area contributed by atoms with Gasteiger partial charge in [-0.25, -0.2) is 0 Å². The van der Waals surface area contributed by atoms with E-state index in [1.165, 1.54) is 0 Å². The van der Waals surface area contributed by atoms with E-state index in [1.54, 1.807) is 0 Å². The molecule has 0 aliphatic carbocycles. The van der Waals surface area contributed by atoms with Gasteiger partial charge in [0.1, 0.15) is 0 Å². The normalized spacial score (nSPS) is 12.6. The number of aliphatic hydroxyl groups excluding tert-OH is 1. The highest BCUT2D eigenvalue weighted by molar-refractivity contribution is 6.34. The van der Waals surface area contributed by atoms with E-state index in [0.29, 0.717) is 0 Å². The van der Waals surface area contributed by atoms with Crippen LogP contribution in [0.3, 0.4) is 0 Å². The predicted octanol–water partition coefficient (Wildman–Crippen LogP) is 2.44. The number of rotatable bonds is 3. The van der Waals surface area contributed by atoms with Crippen molar-refractivity contribution in [2.24, 2.45) is 0 Å². The molecule has 0 radical (unpaired) electrons. The zero-order valence-corrected chi connectivity index (χ0v) is 8.60. The highest BCUT2D eigenvalue weighted by Gasteiger charge is 2.04. The molecule has 3 heteroatoms. The first-order valence-corrected chi connectivity index (χ1v) is 4.65. The summed E-state index contributed by atoms with van der Waals surface area (Å²) in [5.74, 6) is 0. The van der Waals surface area contributed by atoms with Crippen molar-refractivity contribution in [1.29, 1.82) is 0 Å². The topological polar surface area (TPSA) is 32.3 Å². The van der Waals surface area contributed by atoms with Crippen LogP contribution in [0.15, 0.2) is 18.2 Å². The Kier molecular flexibility index (Phi) is 3.58. The van der Waals surface area contributed by atoms with Gasteiger partial charge in [0.2, 0.25) is 0 Å². The minimum absolute atomic E-state index is 0.0271. The van der Waals surface area contributed by atoms with E-state index >= 15 is 0 Å². The molecule has 1 aromatic carbocycles.